The van der Waals surface area contributed by atoms with Crippen LogP contribution in [0, 0.1) is 5.41 Å². The van der Waals surface area contributed by atoms with E-state index in [2.05, 4.69) is 4.74 Å². The van der Waals surface area contributed by atoms with Crippen molar-refractivity contribution >= 4 is 12.1 Å². The quantitative estimate of drug-likeness (QED) is 0.645. The van der Waals surface area contributed by atoms with Crippen LogP contribution in [0.25, 0.3) is 0 Å². The fourth-order valence-corrected chi connectivity index (χ4v) is 1.58. The number of hydrogen-bond acceptors (Lipinski definition) is 4. The second-order valence-electron chi connectivity index (χ2n) is 4.34. The van der Waals surface area contributed by atoms with Gasteiger partial charge in [-0.05, 0) is 20.8 Å². The number of esters is 1. The van der Waals surface area contributed by atoms with Crippen LogP contribution in [0.1, 0.15) is 20.8 Å². The van der Waals surface area contributed by atoms with Crippen LogP contribution >= 0.6 is 0 Å². The molecule has 0 saturated carbocycles. The number of carbonyl (C=O) groups is 2. The van der Waals surface area contributed by atoms with Crippen molar-refractivity contribution in [3.05, 3.63) is 0 Å². The molecule has 1 fully saturated rings. The van der Waals surface area contributed by atoms with E-state index in [9.17, 15) is 9.59 Å². The first kappa shape index (κ1) is 11.8. The summed E-state index contributed by atoms with van der Waals surface area (Å²) in [6.45, 7) is 6.09. The van der Waals surface area contributed by atoms with E-state index in [0.717, 1.165) is 0 Å². The lowest BCUT2D eigenvalue weighted by atomic mass is 9.82. The number of likely N-dealkylation sites (tertiary alicyclic amines) is 1. The lowest BCUT2D eigenvalue weighted by Crippen LogP contribution is -2.61. The third-order valence-corrected chi connectivity index (χ3v) is 2.35. The molecule has 0 atom stereocenters. The Bertz CT molecular complexity index is 269. The lowest BCUT2D eigenvalue weighted by molar-refractivity contribution is -0.160. The summed E-state index contributed by atoms with van der Waals surface area (Å²) >= 11 is 0. The molecule has 0 aromatic carbocycles. The van der Waals surface area contributed by atoms with Crippen LogP contribution in [0.5, 0.6) is 0 Å². The van der Waals surface area contributed by atoms with Crippen molar-refractivity contribution in [2.75, 3.05) is 20.2 Å². The highest BCUT2D eigenvalue weighted by molar-refractivity contribution is 5.81. The van der Waals surface area contributed by atoms with E-state index in [0.29, 0.717) is 13.1 Å². The number of carbonyl (C=O) groups excluding carboxylic acids is 2. The zero-order valence-corrected chi connectivity index (χ0v) is 9.57. The van der Waals surface area contributed by atoms with Crippen molar-refractivity contribution in [2.24, 2.45) is 5.41 Å². The van der Waals surface area contributed by atoms with Gasteiger partial charge in [0.05, 0.1) is 13.2 Å². The van der Waals surface area contributed by atoms with Gasteiger partial charge in [-0.3, -0.25) is 4.79 Å². The molecular weight excluding hydrogens is 198 g/mol. The molecule has 5 nitrogen and oxygen atoms in total. The standard InChI is InChI=1S/C10H17NO4/c1-7(2)15-9(13)11-5-10(3,6-11)8(12)14-4/h7H,5-6H2,1-4H3. The summed E-state index contributed by atoms with van der Waals surface area (Å²) in [6, 6.07) is 0. The fraction of sp³-hybridized carbons (Fsp3) is 0.800. The Morgan fingerprint density at radius 1 is 1.33 bits per heavy atom. The highest BCUT2D eigenvalue weighted by Gasteiger charge is 2.48. The van der Waals surface area contributed by atoms with Crippen molar-refractivity contribution in [2.45, 2.75) is 26.9 Å². The smallest absolute Gasteiger partial charge is 0.410 e. The predicted octanol–water partition coefficient (Wildman–Crippen LogP) is 1.03. The fourth-order valence-electron chi connectivity index (χ4n) is 1.58. The van der Waals surface area contributed by atoms with Gasteiger partial charge in [0, 0.05) is 13.1 Å². The van der Waals surface area contributed by atoms with Gasteiger partial charge in [-0.25, -0.2) is 4.79 Å². The van der Waals surface area contributed by atoms with Crippen LogP contribution in [0.4, 0.5) is 4.79 Å². The molecule has 15 heavy (non-hydrogen) atoms. The zero-order chi connectivity index (χ0) is 11.6. The van der Waals surface area contributed by atoms with E-state index in [1.165, 1.54) is 12.0 Å². The molecule has 5 heteroatoms. The third kappa shape index (κ3) is 2.40. The SMILES string of the molecule is COC(=O)C1(C)CN(C(=O)OC(C)C)C1. The minimum Gasteiger partial charge on any atom is -0.468 e. The van der Waals surface area contributed by atoms with Crippen LogP contribution in [0.2, 0.25) is 0 Å². The first-order chi connectivity index (χ1) is 6.89. The van der Waals surface area contributed by atoms with E-state index < -0.39 is 5.41 Å². The summed E-state index contributed by atoms with van der Waals surface area (Å²) in [5.41, 5.74) is -0.565. The number of methoxy groups -OCH3 is 1. The molecule has 0 N–H and O–H groups in total. The largest absolute Gasteiger partial charge is 0.468 e. The number of nitrogens with zero attached hydrogens (tertiary/aromatic N) is 1. The summed E-state index contributed by atoms with van der Waals surface area (Å²) in [7, 11) is 1.35. The minimum atomic E-state index is -0.565. The van der Waals surface area contributed by atoms with E-state index in [1.807, 2.05) is 0 Å². The Balaban J connectivity index is 2.43. The van der Waals surface area contributed by atoms with Crippen molar-refractivity contribution in [3.63, 3.8) is 0 Å². The molecule has 0 bridgehead atoms. The van der Waals surface area contributed by atoms with Gasteiger partial charge in [0.25, 0.3) is 0 Å². The van der Waals surface area contributed by atoms with Crippen LogP contribution in [0.3, 0.4) is 0 Å². The van der Waals surface area contributed by atoms with Crippen molar-refractivity contribution in [3.8, 4) is 0 Å². The molecule has 0 spiro atoms. The second kappa shape index (κ2) is 4.08. The molecule has 0 aliphatic carbocycles. The molecule has 0 unspecified atom stereocenters. The molecule has 1 rings (SSSR count). The highest BCUT2D eigenvalue weighted by atomic mass is 16.6. The van der Waals surface area contributed by atoms with Crippen molar-refractivity contribution < 1.29 is 19.1 Å². The van der Waals surface area contributed by atoms with E-state index in [4.69, 9.17) is 4.74 Å². The van der Waals surface area contributed by atoms with Crippen molar-refractivity contribution in [1.29, 1.82) is 0 Å². The average molecular weight is 215 g/mol. The van der Waals surface area contributed by atoms with Gasteiger partial charge in [-0.1, -0.05) is 0 Å². The summed E-state index contributed by atoms with van der Waals surface area (Å²) in [5, 5.41) is 0. The summed E-state index contributed by atoms with van der Waals surface area (Å²) in [4.78, 5) is 24.2. The Labute approximate surface area is 89.3 Å². The van der Waals surface area contributed by atoms with Crippen LogP contribution in [-0.4, -0.2) is 43.3 Å². The number of hydrogen-bond donors (Lipinski definition) is 0. The van der Waals surface area contributed by atoms with E-state index >= 15 is 0 Å². The second-order valence-corrected chi connectivity index (χ2v) is 4.34. The Hall–Kier alpha value is -1.26. The summed E-state index contributed by atoms with van der Waals surface area (Å²) in [5.74, 6) is -0.281. The number of rotatable bonds is 2. The van der Waals surface area contributed by atoms with Crippen molar-refractivity contribution in [1.82, 2.24) is 4.90 Å². The lowest BCUT2D eigenvalue weighted by Gasteiger charge is -2.44. The van der Waals surface area contributed by atoms with Gasteiger partial charge >= 0.3 is 12.1 Å². The Kier molecular flexibility index (Phi) is 3.21. The van der Waals surface area contributed by atoms with Gasteiger partial charge in [-0.2, -0.15) is 0 Å². The van der Waals surface area contributed by atoms with Gasteiger partial charge in [0.1, 0.15) is 5.41 Å². The van der Waals surface area contributed by atoms with Crippen LogP contribution in [-0.2, 0) is 14.3 Å². The molecule has 0 aromatic rings. The molecule has 1 aliphatic rings. The molecule has 86 valence electrons. The highest BCUT2D eigenvalue weighted by Crippen LogP contribution is 2.31. The first-order valence-electron chi connectivity index (χ1n) is 4.93. The van der Waals surface area contributed by atoms with Crippen LogP contribution < -0.4 is 0 Å². The number of ether oxygens (including phenoxy) is 2. The molecular formula is C10H17NO4. The normalized spacial score (nSPS) is 18.3. The summed E-state index contributed by atoms with van der Waals surface area (Å²) in [6.07, 6.45) is -0.506. The summed E-state index contributed by atoms with van der Waals surface area (Å²) < 4.78 is 9.64. The predicted molar refractivity (Wildman–Crippen MR) is 53.3 cm³/mol. The maximum Gasteiger partial charge on any atom is 0.410 e. The monoisotopic (exact) mass is 215 g/mol. The van der Waals surface area contributed by atoms with E-state index in [-0.39, 0.29) is 18.2 Å². The minimum absolute atomic E-state index is 0.137. The Morgan fingerprint density at radius 2 is 1.87 bits per heavy atom. The Morgan fingerprint density at radius 3 is 2.27 bits per heavy atom. The maximum absolute atomic E-state index is 11.4. The zero-order valence-electron chi connectivity index (χ0n) is 9.57. The first-order valence-corrected chi connectivity index (χ1v) is 4.93. The number of amides is 1. The molecule has 1 aliphatic heterocycles. The van der Waals surface area contributed by atoms with Crippen LogP contribution in [0.15, 0.2) is 0 Å². The third-order valence-electron chi connectivity index (χ3n) is 2.35. The van der Waals surface area contributed by atoms with Gasteiger partial charge in [0.2, 0.25) is 0 Å². The molecule has 1 heterocycles. The van der Waals surface area contributed by atoms with Gasteiger partial charge in [-0.15, -0.1) is 0 Å². The molecule has 0 aromatic heterocycles. The maximum atomic E-state index is 11.4. The topological polar surface area (TPSA) is 55.8 Å². The van der Waals surface area contributed by atoms with E-state index in [1.54, 1.807) is 20.8 Å². The van der Waals surface area contributed by atoms with Gasteiger partial charge < -0.3 is 14.4 Å². The average Bonchev–Trinajstić information content (AvgIpc) is 2.10. The molecule has 1 saturated heterocycles. The molecule has 1 amide bonds. The molecule has 0 radical (unpaired) electrons. The van der Waals surface area contributed by atoms with Gasteiger partial charge in [0.15, 0.2) is 0 Å².